The summed E-state index contributed by atoms with van der Waals surface area (Å²) in [5.41, 5.74) is 0. The lowest BCUT2D eigenvalue weighted by molar-refractivity contribution is 0.724. The molecule has 0 unspecified atom stereocenters. The van der Waals surface area contributed by atoms with Gasteiger partial charge in [0.15, 0.2) is 0 Å². The van der Waals surface area contributed by atoms with Crippen molar-refractivity contribution in [1.82, 2.24) is 14.8 Å². The lowest BCUT2D eigenvalue weighted by Crippen LogP contribution is -1.97. The summed E-state index contributed by atoms with van der Waals surface area (Å²) in [4.78, 5) is 0. The van der Waals surface area contributed by atoms with Crippen LogP contribution < -0.4 is 0 Å². The smallest absolute Gasteiger partial charge is 0.147 e. The number of rotatable bonds is 2. The van der Waals surface area contributed by atoms with Gasteiger partial charge in [0.05, 0.1) is 5.88 Å². The summed E-state index contributed by atoms with van der Waals surface area (Å²) < 4.78 is 1.91. The van der Waals surface area contributed by atoms with E-state index in [4.69, 9.17) is 11.6 Å². The quantitative estimate of drug-likeness (QED) is 0.648. The van der Waals surface area contributed by atoms with E-state index in [2.05, 4.69) is 10.2 Å². The summed E-state index contributed by atoms with van der Waals surface area (Å²) in [6.07, 6.45) is 1.68. The summed E-state index contributed by atoms with van der Waals surface area (Å²) in [7, 11) is 0. The number of halogens is 2. The Balaban J connectivity index is 0.000000810. The zero-order valence-electron chi connectivity index (χ0n) is 5.62. The van der Waals surface area contributed by atoms with Gasteiger partial charge < -0.3 is 4.57 Å². The van der Waals surface area contributed by atoms with Gasteiger partial charge in [0.1, 0.15) is 12.2 Å². The van der Waals surface area contributed by atoms with Gasteiger partial charge in [-0.15, -0.1) is 34.2 Å². The Bertz CT molecular complexity index is 168. The second-order valence-electron chi connectivity index (χ2n) is 1.67. The number of hydrogen-bond acceptors (Lipinski definition) is 2. The van der Waals surface area contributed by atoms with Crippen molar-refractivity contribution >= 4 is 24.0 Å². The van der Waals surface area contributed by atoms with E-state index in [-0.39, 0.29) is 12.4 Å². The number of alkyl halides is 1. The summed E-state index contributed by atoms with van der Waals surface area (Å²) in [5.74, 6) is 1.27. The summed E-state index contributed by atoms with van der Waals surface area (Å²) in [6, 6.07) is 0. The van der Waals surface area contributed by atoms with Crippen molar-refractivity contribution in [1.29, 1.82) is 0 Å². The van der Waals surface area contributed by atoms with E-state index in [1.54, 1.807) is 6.33 Å². The molecule has 58 valence electrons. The highest BCUT2D eigenvalue weighted by Gasteiger charge is 1.97. The van der Waals surface area contributed by atoms with E-state index < -0.39 is 0 Å². The average molecular weight is 182 g/mol. The molecule has 0 atom stereocenters. The van der Waals surface area contributed by atoms with Crippen LogP contribution in [0.25, 0.3) is 0 Å². The number of aryl methyl sites for hydroxylation is 1. The summed E-state index contributed by atoms with van der Waals surface area (Å²) >= 11 is 5.53. The Labute approximate surface area is 70.8 Å². The lowest BCUT2D eigenvalue weighted by Gasteiger charge is -1.95. The zero-order valence-corrected chi connectivity index (χ0v) is 7.19. The largest absolute Gasteiger partial charge is 0.317 e. The van der Waals surface area contributed by atoms with Crippen molar-refractivity contribution in [2.24, 2.45) is 0 Å². The maximum absolute atomic E-state index is 5.53. The second-order valence-corrected chi connectivity index (χ2v) is 1.93. The van der Waals surface area contributed by atoms with Crippen LogP contribution in [-0.2, 0) is 12.4 Å². The molecule has 1 rings (SSSR count). The molecule has 0 saturated heterocycles. The van der Waals surface area contributed by atoms with E-state index in [9.17, 15) is 0 Å². The first-order valence-electron chi connectivity index (χ1n) is 2.81. The Morgan fingerprint density at radius 1 is 1.70 bits per heavy atom. The molecule has 5 heteroatoms. The van der Waals surface area contributed by atoms with E-state index >= 15 is 0 Å². The zero-order chi connectivity index (χ0) is 6.69. The monoisotopic (exact) mass is 181 g/mol. The average Bonchev–Trinajstić information content (AvgIpc) is 2.33. The van der Waals surface area contributed by atoms with Crippen LogP contribution in [0.5, 0.6) is 0 Å². The molecule has 0 saturated carbocycles. The fourth-order valence-electron chi connectivity index (χ4n) is 0.647. The van der Waals surface area contributed by atoms with E-state index in [1.165, 1.54) is 0 Å². The molecule has 0 aromatic carbocycles. The molecule has 1 aromatic rings. The van der Waals surface area contributed by atoms with Gasteiger partial charge in [-0.3, -0.25) is 0 Å². The predicted molar refractivity (Wildman–Crippen MR) is 42.5 cm³/mol. The Morgan fingerprint density at radius 3 is 2.80 bits per heavy atom. The molecule has 1 aromatic heterocycles. The third-order valence-electron chi connectivity index (χ3n) is 1.16. The molecule has 1 heterocycles. The van der Waals surface area contributed by atoms with E-state index in [1.807, 2.05) is 11.5 Å². The summed E-state index contributed by atoms with van der Waals surface area (Å²) in [6.45, 7) is 2.91. The molecular weight excluding hydrogens is 173 g/mol. The van der Waals surface area contributed by atoms with Crippen molar-refractivity contribution in [2.75, 3.05) is 0 Å². The van der Waals surface area contributed by atoms with Crippen LogP contribution in [0.4, 0.5) is 0 Å². The topological polar surface area (TPSA) is 30.7 Å². The molecule has 0 radical (unpaired) electrons. The maximum atomic E-state index is 5.53. The van der Waals surface area contributed by atoms with Gasteiger partial charge in [-0.05, 0) is 6.92 Å². The minimum atomic E-state index is 0. The molecule has 0 spiro atoms. The fraction of sp³-hybridized carbons (Fsp3) is 0.600. The highest BCUT2D eigenvalue weighted by molar-refractivity contribution is 6.16. The van der Waals surface area contributed by atoms with Crippen molar-refractivity contribution in [3.05, 3.63) is 12.2 Å². The van der Waals surface area contributed by atoms with Crippen molar-refractivity contribution < 1.29 is 0 Å². The normalized spacial score (nSPS) is 9.00. The molecule has 10 heavy (non-hydrogen) atoms. The van der Waals surface area contributed by atoms with Crippen LogP contribution in [-0.4, -0.2) is 14.8 Å². The molecular formula is C5H9Cl2N3. The molecule has 0 bridgehead atoms. The van der Waals surface area contributed by atoms with Crippen molar-refractivity contribution in [3.8, 4) is 0 Å². The molecule has 0 fully saturated rings. The minimum Gasteiger partial charge on any atom is -0.317 e. The van der Waals surface area contributed by atoms with Crippen LogP contribution in [0.1, 0.15) is 12.7 Å². The van der Waals surface area contributed by atoms with Gasteiger partial charge in [-0.1, -0.05) is 0 Å². The predicted octanol–water partition coefficient (Wildman–Crippen LogP) is 1.46. The maximum Gasteiger partial charge on any atom is 0.147 e. The molecule has 3 nitrogen and oxygen atoms in total. The first kappa shape index (κ1) is 9.72. The molecule has 0 aliphatic heterocycles. The highest BCUT2D eigenvalue weighted by atomic mass is 35.5. The minimum absolute atomic E-state index is 0. The summed E-state index contributed by atoms with van der Waals surface area (Å²) in [5, 5.41) is 7.48. The van der Waals surface area contributed by atoms with Crippen LogP contribution >= 0.6 is 24.0 Å². The molecule has 0 N–H and O–H groups in total. The van der Waals surface area contributed by atoms with Crippen molar-refractivity contribution in [2.45, 2.75) is 19.3 Å². The first-order valence-corrected chi connectivity index (χ1v) is 3.34. The number of hydrogen-bond donors (Lipinski definition) is 0. The Morgan fingerprint density at radius 2 is 2.40 bits per heavy atom. The first-order chi connectivity index (χ1) is 4.38. The van der Waals surface area contributed by atoms with Gasteiger partial charge in [0.25, 0.3) is 0 Å². The molecule has 0 amide bonds. The van der Waals surface area contributed by atoms with E-state index in [0.29, 0.717) is 5.88 Å². The van der Waals surface area contributed by atoms with Crippen LogP contribution in [0.15, 0.2) is 6.33 Å². The van der Waals surface area contributed by atoms with E-state index in [0.717, 1.165) is 12.4 Å². The SMILES string of the molecule is CCn1cnnc1CCl.Cl. The van der Waals surface area contributed by atoms with Crippen molar-refractivity contribution in [3.63, 3.8) is 0 Å². The Kier molecular flexibility index (Phi) is 4.40. The molecule has 0 aliphatic rings. The number of nitrogens with zero attached hydrogens (tertiary/aromatic N) is 3. The van der Waals surface area contributed by atoms with Gasteiger partial charge in [-0.25, -0.2) is 0 Å². The van der Waals surface area contributed by atoms with Gasteiger partial charge >= 0.3 is 0 Å². The van der Waals surface area contributed by atoms with Crippen LogP contribution in [0, 0.1) is 0 Å². The van der Waals surface area contributed by atoms with Crippen LogP contribution in [0.2, 0.25) is 0 Å². The second kappa shape index (κ2) is 4.52. The number of aromatic nitrogens is 3. The third-order valence-corrected chi connectivity index (χ3v) is 1.39. The van der Waals surface area contributed by atoms with Gasteiger partial charge in [0, 0.05) is 6.54 Å². The fourth-order valence-corrected chi connectivity index (χ4v) is 0.854. The highest BCUT2D eigenvalue weighted by Crippen LogP contribution is 1.97. The lowest BCUT2D eigenvalue weighted by atomic mass is 10.6. The third kappa shape index (κ3) is 1.85. The van der Waals surface area contributed by atoms with Gasteiger partial charge in [0.2, 0.25) is 0 Å². The standard InChI is InChI=1S/C5H8ClN3.ClH/c1-2-9-4-7-8-5(9)3-6;/h4H,2-3H2,1H3;1H. The van der Waals surface area contributed by atoms with Gasteiger partial charge in [-0.2, -0.15) is 0 Å². The Hall–Kier alpha value is -0.280. The molecule has 0 aliphatic carbocycles. The van der Waals surface area contributed by atoms with Crippen LogP contribution in [0.3, 0.4) is 0 Å².